The first-order valence-electron chi connectivity index (χ1n) is 7.12. The highest BCUT2D eigenvalue weighted by Gasteiger charge is 2.48. The molecule has 0 aromatic carbocycles. The van der Waals surface area contributed by atoms with Gasteiger partial charge in [-0.2, -0.15) is 0 Å². The van der Waals surface area contributed by atoms with Crippen molar-refractivity contribution < 1.29 is 14.3 Å². The topological polar surface area (TPSA) is 58.6 Å². The van der Waals surface area contributed by atoms with Crippen LogP contribution in [0.5, 0.6) is 0 Å². The molecule has 2 aliphatic carbocycles. The van der Waals surface area contributed by atoms with E-state index in [1.807, 2.05) is 0 Å². The monoisotopic (exact) mass is 268 g/mol. The molecule has 5 heteroatoms. The molecule has 2 amide bonds. The summed E-state index contributed by atoms with van der Waals surface area (Å²) in [5.41, 5.74) is 0. The second kappa shape index (κ2) is 6.37. The molecule has 2 fully saturated rings. The van der Waals surface area contributed by atoms with E-state index in [0.717, 1.165) is 31.1 Å². The molecule has 2 rings (SSSR count). The van der Waals surface area contributed by atoms with E-state index in [4.69, 9.17) is 4.74 Å². The minimum atomic E-state index is -0.0879. The molecule has 5 nitrogen and oxygen atoms in total. The third-order valence-corrected chi connectivity index (χ3v) is 4.20. The number of rotatable bonds is 7. The largest absolute Gasteiger partial charge is 0.385 e. The molecule has 2 saturated carbocycles. The van der Waals surface area contributed by atoms with Gasteiger partial charge in [0, 0.05) is 33.2 Å². The van der Waals surface area contributed by atoms with Crippen LogP contribution >= 0.6 is 0 Å². The lowest BCUT2D eigenvalue weighted by molar-refractivity contribution is -0.138. The van der Waals surface area contributed by atoms with Crippen LogP contribution in [0.25, 0.3) is 0 Å². The standard InChI is InChI=1S/C14H24N2O3/c1-16(9-13(17)15-4-3-5-19-2)14(18)12-7-10-6-11(10)8-12/h10-12H,3-9H2,1-2H3,(H,15,17). The number of methoxy groups -OCH3 is 1. The van der Waals surface area contributed by atoms with Crippen LogP contribution < -0.4 is 5.32 Å². The molecule has 0 radical (unpaired) electrons. The number of fused-ring (bicyclic) bond motifs is 1. The number of hydrogen-bond donors (Lipinski definition) is 1. The molecule has 2 unspecified atom stereocenters. The van der Waals surface area contributed by atoms with Gasteiger partial charge in [0.1, 0.15) is 0 Å². The van der Waals surface area contributed by atoms with Crippen molar-refractivity contribution in [2.45, 2.75) is 25.7 Å². The average Bonchev–Trinajstić information content (AvgIpc) is 3.00. The molecule has 0 aromatic rings. The smallest absolute Gasteiger partial charge is 0.239 e. The Kier molecular flexibility index (Phi) is 4.80. The lowest BCUT2D eigenvalue weighted by Gasteiger charge is -2.21. The minimum Gasteiger partial charge on any atom is -0.385 e. The van der Waals surface area contributed by atoms with Gasteiger partial charge in [0.15, 0.2) is 0 Å². The van der Waals surface area contributed by atoms with Crippen molar-refractivity contribution in [3.8, 4) is 0 Å². The van der Waals surface area contributed by atoms with Gasteiger partial charge in [-0.1, -0.05) is 0 Å². The summed E-state index contributed by atoms with van der Waals surface area (Å²) in [7, 11) is 3.36. The molecule has 0 spiro atoms. The van der Waals surface area contributed by atoms with Crippen LogP contribution in [-0.4, -0.2) is 50.6 Å². The third-order valence-electron chi connectivity index (χ3n) is 4.20. The Morgan fingerprint density at radius 3 is 2.58 bits per heavy atom. The molecule has 2 aliphatic rings. The van der Waals surface area contributed by atoms with Crippen LogP contribution in [0.1, 0.15) is 25.7 Å². The van der Waals surface area contributed by atoms with E-state index in [1.54, 1.807) is 19.1 Å². The molecule has 0 saturated heterocycles. The molecule has 108 valence electrons. The van der Waals surface area contributed by atoms with Gasteiger partial charge in [-0.15, -0.1) is 0 Å². The fourth-order valence-electron chi connectivity index (χ4n) is 3.02. The zero-order chi connectivity index (χ0) is 13.8. The predicted molar refractivity (Wildman–Crippen MR) is 71.5 cm³/mol. The Balaban J connectivity index is 1.63. The first kappa shape index (κ1) is 14.3. The van der Waals surface area contributed by atoms with Crippen LogP contribution in [0.2, 0.25) is 0 Å². The van der Waals surface area contributed by atoms with Crippen molar-refractivity contribution in [1.82, 2.24) is 10.2 Å². The van der Waals surface area contributed by atoms with E-state index in [2.05, 4.69) is 5.32 Å². The second-order valence-corrected chi connectivity index (χ2v) is 5.81. The first-order valence-corrected chi connectivity index (χ1v) is 7.12. The Hall–Kier alpha value is -1.10. The molecule has 2 atom stereocenters. The minimum absolute atomic E-state index is 0.0879. The van der Waals surface area contributed by atoms with E-state index < -0.39 is 0 Å². The number of likely N-dealkylation sites (N-methyl/N-ethyl adjacent to an activating group) is 1. The van der Waals surface area contributed by atoms with E-state index in [9.17, 15) is 9.59 Å². The zero-order valence-corrected chi connectivity index (χ0v) is 11.9. The van der Waals surface area contributed by atoms with Gasteiger partial charge in [0.25, 0.3) is 0 Å². The maximum Gasteiger partial charge on any atom is 0.239 e. The van der Waals surface area contributed by atoms with Crippen LogP contribution in [0, 0.1) is 17.8 Å². The van der Waals surface area contributed by atoms with E-state index in [-0.39, 0.29) is 24.3 Å². The fraction of sp³-hybridized carbons (Fsp3) is 0.857. The van der Waals surface area contributed by atoms with Crippen molar-refractivity contribution in [2.75, 3.05) is 33.9 Å². The van der Waals surface area contributed by atoms with Crippen LogP contribution in [0.4, 0.5) is 0 Å². The fourth-order valence-corrected chi connectivity index (χ4v) is 3.02. The Labute approximate surface area is 114 Å². The molecule has 19 heavy (non-hydrogen) atoms. The number of nitrogens with zero attached hydrogens (tertiary/aromatic N) is 1. The number of ether oxygens (including phenoxy) is 1. The van der Waals surface area contributed by atoms with Gasteiger partial charge in [-0.25, -0.2) is 0 Å². The van der Waals surface area contributed by atoms with Crippen molar-refractivity contribution >= 4 is 11.8 Å². The van der Waals surface area contributed by atoms with Crippen LogP contribution in [0.3, 0.4) is 0 Å². The normalized spacial score (nSPS) is 27.8. The summed E-state index contributed by atoms with van der Waals surface area (Å²) in [6.07, 6.45) is 4.17. The highest BCUT2D eigenvalue weighted by molar-refractivity contribution is 5.85. The summed E-state index contributed by atoms with van der Waals surface area (Å²) in [5, 5.41) is 2.80. The summed E-state index contributed by atoms with van der Waals surface area (Å²) in [4.78, 5) is 25.4. The van der Waals surface area contributed by atoms with Crippen molar-refractivity contribution in [3.63, 3.8) is 0 Å². The van der Waals surface area contributed by atoms with Crippen LogP contribution in [-0.2, 0) is 14.3 Å². The first-order chi connectivity index (χ1) is 9.11. The van der Waals surface area contributed by atoms with E-state index in [1.165, 1.54) is 6.42 Å². The van der Waals surface area contributed by atoms with Crippen LogP contribution in [0.15, 0.2) is 0 Å². The molecule has 0 aliphatic heterocycles. The summed E-state index contributed by atoms with van der Waals surface area (Å²) >= 11 is 0. The quantitative estimate of drug-likeness (QED) is 0.690. The summed E-state index contributed by atoms with van der Waals surface area (Å²) in [5.74, 6) is 1.81. The highest BCUT2D eigenvalue weighted by Crippen LogP contribution is 2.54. The van der Waals surface area contributed by atoms with Gasteiger partial charge in [0.05, 0.1) is 6.54 Å². The average molecular weight is 268 g/mol. The lowest BCUT2D eigenvalue weighted by Crippen LogP contribution is -2.41. The van der Waals surface area contributed by atoms with Gasteiger partial charge in [-0.3, -0.25) is 9.59 Å². The number of hydrogen-bond acceptors (Lipinski definition) is 3. The molecule has 1 N–H and O–H groups in total. The second-order valence-electron chi connectivity index (χ2n) is 5.81. The van der Waals surface area contributed by atoms with Crippen molar-refractivity contribution in [3.05, 3.63) is 0 Å². The maximum atomic E-state index is 12.1. The Morgan fingerprint density at radius 1 is 1.26 bits per heavy atom. The number of amides is 2. The highest BCUT2D eigenvalue weighted by atomic mass is 16.5. The molecule has 0 aromatic heterocycles. The van der Waals surface area contributed by atoms with Gasteiger partial charge in [0.2, 0.25) is 11.8 Å². The number of carbonyl (C=O) groups excluding carboxylic acids is 2. The molecular weight excluding hydrogens is 244 g/mol. The summed E-state index contributed by atoms with van der Waals surface area (Å²) < 4.78 is 4.91. The molecular formula is C14H24N2O3. The summed E-state index contributed by atoms with van der Waals surface area (Å²) in [6, 6.07) is 0. The van der Waals surface area contributed by atoms with Crippen molar-refractivity contribution in [1.29, 1.82) is 0 Å². The third kappa shape index (κ3) is 3.93. The zero-order valence-electron chi connectivity index (χ0n) is 11.9. The number of carbonyl (C=O) groups is 2. The van der Waals surface area contributed by atoms with E-state index in [0.29, 0.717) is 13.2 Å². The van der Waals surface area contributed by atoms with Gasteiger partial charge < -0.3 is 15.0 Å². The van der Waals surface area contributed by atoms with Crippen molar-refractivity contribution in [2.24, 2.45) is 17.8 Å². The Morgan fingerprint density at radius 2 is 1.95 bits per heavy atom. The maximum absolute atomic E-state index is 12.1. The SMILES string of the molecule is COCCCNC(=O)CN(C)C(=O)C1CC2CC2C1. The predicted octanol–water partition coefficient (Wildman–Crippen LogP) is 0.644. The Bertz CT molecular complexity index is 336. The molecule has 0 heterocycles. The van der Waals surface area contributed by atoms with E-state index >= 15 is 0 Å². The van der Waals surface area contributed by atoms with Gasteiger partial charge >= 0.3 is 0 Å². The lowest BCUT2D eigenvalue weighted by atomic mass is 10.0. The summed E-state index contributed by atoms with van der Waals surface area (Å²) in [6.45, 7) is 1.40. The molecule has 0 bridgehead atoms. The number of nitrogens with one attached hydrogen (secondary N) is 1. The van der Waals surface area contributed by atoms with Gasteiger partial charge in [-0.05, 0) is 37.5 Å².